The second-order valence-electron chi connectivity index (χ2n) is 22.6. The van der Waals surface area contributed by atoms with E-state index in [4.69, 9.17) is 18.9 Å². The molecule has 0 aliphatic heterocycles. The van der Waals surface area contributed by atoms with Crippen molar-refractivity contribution in [2.75, 3.05) is 47.5 Å². The number of carbonyl (C=O) groups is 3. The number of ether oxygens (including phenoxy) is 4. The molecule has 0 bridgehead atoms. The Balaban J connectivity index is 4.19. The Morgan fingerprint density at radius 2 is 0.651 bits per heavy atom. The highest BCUT2D eigenvalue weighted by atomic mass is 16.7. The molecule has 0 saturated carbocycles. The molecule has 0 aromatic heterocycles. The van der Waals surface area contributed by atoms with Gasteiger partial charge in [0.1, 0.15) is 13.2 Å². The van der Waals surface area contributed by atoms with E-state index in [1.807, 2.05) is 21.1 Å². The number of carboxylic acids is 1. The number of nitrogens with zero attached hydrogens (tertiary/aromatic N) is 1. The molecule has 470 valence electrons. The Morgan fingerprint density at radius 1 is 0.361 bits per heavy atom. The number of quaternary nitrogens is 1. The summed E-state index contributed by atoms with van der Waals surface area (Å²) in [6.45, 7) is 4.48. The van der Waals surface area contributed by atoms with Crippen LogP contribution in [0.3, 0.4) is 0 Å². The van der Waals surface area contributed by atoms with E-state index in [2.05, 4.69) is 160 Å². The lowest BCUT2D eigenvalue weighted by atomic mass is 10.0. The van der Waals surface area contributed by atoms with Gasteiger partial charge in [0.05, 0.1) is 40.3 Å². The van der Waals surface area contributed by atoms with Gasteiger partial charge in [-0.05, 0) is 116 Å². The Hall–Kier alpha value is -4.83. The molecule has 0 aliphatic rings. The van der Waals surface area contributed by atoms with E-state index in [1.54, 1.807) is 0 Å². The topological polar surface area (TPSA) is 111 Å². The second kappa shape index (κ2) is 63.2. The van der Waals surface area contributed by atoms with Crippen LogP contribution in [0.2, 0.25) is 0 Å². The van der Waals surface area contributed by atoms with E-state index < -0.39 is 24.3 Å². The molecule has 0 aromatic rings. The maximum absolute atomic E-state index is 12.9. The number of carbonyl (C=O) groups excluding carboxylic acids is 3. The number of hydrogen-bond acceptors (Lipinski definition) is 8. The summed E-state index contributed by atoms with van der Waals surface area (Å²) in [5.74, 6) is -2.33. The van der Waals surface area contributed by atoms with E-state index in [0.717, 1.165) is 122 Å². The molecule has 0 fully saturated rings. The van der Waals surface area contributed by atoms with E-state index in [9.17, 15) is 19.5 Å². The first-order chi connectivity index (χ1) is 40.6. The summed E-state index contributed by atoms with van der Waals surface area (Å²) >= 11 is 0. The van der Waals surface area contributed by atoms with Crippen LogP contribution in [0, 0.1) is 0 Å². The number of likely N-dealkylation sites (N-methyl/N-ethyl adjacent to an activating group) is 1. The SMILES string of the molecule is CC/C=C\C/C=C\C/C=C\C/C=C\C/C=C\C/C=C\CCCCCCCCCCCCCCCCCCC(=O)OC(COC(=O)CCCCCC/C=C\C/C=C\C/C=C\C/C=C\C/C=C\C/C=C\CC)COC(OCC[N+](C)(C)C)C(=O)[O-]. The summed E-state index contributed by atoms with van der Waals surface area (Å²) in [5, 5.41) is 11.8. The maximum atomic E-state index is 12.9. The van der Waals surface area contributed by atoms with Crippen molar-refractivity contribution in [1.82, 2.24) is 0 Å². The molecular weight excluding hydrogens is 1030 g/mol. The third-order valence-corrected chi connectivity index (χ3v) is 13.6. The number of unbranched alkanes of at least 4 members (excludes halogenated alkanes) is 20. The van der Waals surface area contributed by atoms with Crippen molar-refractivity contribution < 1.29 is 42.9 Å². The van der Waals surface area contributed by atoms with Crippen LogP contribution < -0.4 is 5.11 Å². The highest BCUT2D eigenvalue weighted by Crippen LogP contribution is 2.16. The minimum absolute atomic E-state index is 0.136. The molecule has 0 heterocycles. The van der Waals surface area contributed by atoms with Crippen LogP contribution in [0.4, 0.5) is 0 Å². The number of rotatable bonds is 59. The van der Waals surface area contributed by atoms with Crippen molar-refractivity contribution in [3.05, 3.63) is 146 Å². The Bertz CT molecular complexity index is 1870. The molecule has 0 amide bonds. The van der Waals surface area contributed by atoms with Crippen LogP contribution in [-0.4, -0.2) is 82.3 Å². The van der Waals surface area contributed by atoms with Gasteiger partial charge in [0.15, 0.2) is 12.4 Å². The van der Waals surface area contributed by atoms with Crippen LogP contribution in [-0.2, 0) is 33.3 Å². The van der Waals surface area contributed by atoms with Crippen molar-refractivity contribution >= 4 is 17.9 Å². The summed E-state index contributed by atoms with van der Waals surface area (Å²) < 4.78 is 22.7. The Morgan fingerprint density at radius 3 is 0.964 bits per heavy atom. The number of allylic oxidation sites excluding steroid dienone is 24. The van der Waals surface area contributed by atoms with Gasteiger partial charge in [-0.25, -0.2) is 0 Å². The standard InChI is InChI=1S/C74H121NO8/c1-6-8-10-12-14-16-18-20-22-24-26-28-30-31-32-33-34-35-36-37-38-39-40-41-43-45-47-49-51-53-55-57-59-61-63-65-72(77)83-70(69-82-74(73(78)79)80-67-66-75(3,4)5)68-81-71(76)64-62-60-58-56-54-52-50-48-46-44-42-29-27-25-23-21-19-17-15-13-11-9-7-2/h8-11,14-17,20-23,26-29,31-32,34-35,44,46,50,52,70,74H,6-7,12-13,18-19,24-25,30,33,36-43,45,47-49,51,53-69H2,1-5H3/b10-8-,11-9-,16-14-,17-15-,22-20-,23-21-,28-26-,29-27-,32-31-,35-34-,46-44-,52-50-. The van der Waals surface area contributed by atoms with Gasteiger partial charge in [-0.1, -0.05) is 262 Å². The number of carboxylic acid groups (broad SMARTS) is 1. The van der Waals surface area contributed by atoms with Gasteiger partial charge in [-0.3, -0.25) is 9.59 Å². The maximum Gasteiger partial charge on any atom is 0.306 e. The Kier molecular flexibility index (Phi) is 59.5. The fourth-order valence-electron chi connectivity index (χ4n) is 8.60. The van der Waals surface area contributed by atoms with Crippen LogP contribution >= 0.6 is 0 Å². The highest BCUT2D eigenvalue weighted by molar-refractivity contribution is 5.70. The first-order valence-electron chi connectivity index (χ1n) is 33.0. The molecule has 0 aliphatic carbocycles. The molecule has 0 saturated heterocycles. The fourth-order valence-corrected chi connectivity index (χ4v) is 8.60. The van der Waals surface area contributed by atoms with Gasteiger partial charge in [-0.2, -0.15) is 0 Å². The van der Waals surface area contributed by atoms with Crippen molar-refractivity contribution in [3.8, 4) is 0 Å². The van der Waals surface area contributed by atoms with Crippen LogP contribution in [0.15, 0.2) is 146 Å². The van der Waals surface area contributed by atoms with Gasteiger partial charge in [0, 0.05) is 12.8 Å². The lowest BCUT2D eigenvalue weighted by Gasteiger charge is -2.26. The average Bonchev–Trinajstić information content (AvgIpc) is 3.46. The zero-order chi connectivity index (χ0) is 60.5. The number of hydrogen-bond donors (Lipinski definition) is 0. The first-order valence-corrected chi connectivity index (χ1v) is 33.0. The monoisotopic (exact) mass is 1150 g/mol. The predicted octanol–water partition coefficient (Wildman–Crippen LogP) is 19.0. The minimum Gasteiger partial charge on any atom is -0.545 e. The fraction of sp³-hybridized carbons (Fsp3) is 0.635. The summed E-state index contributed by atoms with van der Waals surface area (Å²) in [7, 11) is 5.91. The van der Waals surface area contributed by atoms with Crippen molar-refractivity contribution in [2.45, 2.75) is 257 Å². The summed E-state index contributed by atoms with van der Waals surface area (Å²) in [5.41, 5.74) is 0. The summed E-state index contributed by atoms with van der Waals surface area (Å²) in [4.78, 5) is 37.4. The van der Waals surface area contributed by atoms with Gasteiger partial charge < -0.3 is 33.3 Å². The van der Waals surface area contributed by atoms with E-state index in [0.29, 0.717) is 23.9 Å². The molecule has 0 spiro atoms. The molecule has 83 heavy (non-hydrogen) atoms. The van der Waals surface area contributed by atoms with Crippen molar-refractivity contribution in [1.29, 1.82) is 0 Å². The molecule has 9 heteroatoms. The lowest BCUT2D eigenvalue weighted by molar-refractivity contribution is -0.870. The van der Waals surface area contributed by atoms with Crippen LogP contribution in [0.5, 0.6) is 0 Å². The van der Waals surface area contributed by atoms with E-state index >= 15 is 0 Å². The second-order valence-corrected chi connectivity index (χ2v) is 22.6. The van der Waals surface area contributed by atoms with Crippen LogP contribution in [0.25, 0.3) is 0 Å². The van der Waals surface area contributed by atoms with Gasteiger partial charge in [0.2, 0.25) is 0 Å². The zero-order valence-electron chi connectivity index (χ0n) is 53.5. The lowest BCUT2D eigenvalue weighted by Crippen LogP contribution is -2.44. The predicted molar refractivity (Wildman–Crippen MR) is 352 cm³/mol. The molecule has 9 nitrogen and oxygen atoms in total. The van der Waals surface area contributed by atoms with Gasteiger partial charge >= 0.3 is 11.9 Å². The molecular formula is C74H121NO8. The molecule has 0 rings (SSSR count). The highest BCUT2D eigenvalue weighted by Gasteiger charge is 2.22. The molecule has 0 radical (unpaired) electrons. The normalized spacial score (nSPS) is 13.7. The van der Waals surface area contributed by atoms with E-state index in [-0.39, 0.29) is 38.6 Å². The number of aliphatic carboxylic acids is 1. The van der Waals surface area contributed by atoms with Crippen LogP contribution in [0.1, 0.15) is 245 Å². The Labute approximate surface area is 509 Å². The van der Waals surface area contributed by atoms with Gasteiger partial charge in [-0.15, -0.1) is 0 Å². The minimum atomic E-state index is -1.64. The van der Waals surface area contributed by atoms with Gasteiger partial charge in [0.25, 0.3) is 0 Å². The molecule has 0 aromatic carbocycles. The average molecular weight is 1150 g/mol. The first kappa shape index (κ1) is 78.2. The largest absolute Gasteiger partial charge is 0.545 e. The van der Waals surface area contributed by atoms with Crippen molar-refractivity contribution in [3.63, 3.8) is 0 Å². The third kappa shape index (κ3) is 64.6. The van der Waals surface area contributed by atoms with E-state index in [1.165, 1.54) is 83.5 Å². The number of esters is 2. The summed E-state index contributed by atoms with van der Waals surface area (Å²) in [6, 6.07) is 0. The molecule has 2 unspecified atom stereocenters. The summed E-state index contributed by atoms with van der Waals surface area (Å²) in [6.07, 6.45) is 89.1. The quantitative estimate of drug-likeness (QED) is 0.0195. The molecule has 0 N–H and O–H groups in total. The van der Waals surface area contributed by atoms with Crippen molar-refractivity contribution in [2.24, 2.45) is 0 Å². The zero-order valence-corrected chi connectivity index (χ0v) is 53.5. The third-order valence-electron chi connectivity index (χ3n) is 13.6. The smallest absolute Gasteiger partial charge is 0.306 e. The molecule has 2 atom stereocenters.